The highest BCUT2D eigenvalue weighted by Crippen LogP contribution is 2.32. The van der Waals surface area contributed by atoms with Crippen LogP contribution in [0, 0.1) is 10.1 Å². The number of aromatic nitrogens is 3. The van der Waals surface area contributed by atoms with Crippen LogP contribution in [0.1, 0.15) is 6.42 Å². The summed E-state index contributed by atoms with van der Waals surface area (Å²) >= 11 is 0. The maximum atomic E-state index is 11.4. The zero-order valence-corrected chi connectivity index (χ0v) is 12.8. The summed E-state index contributed by atoms with van der Waals surface area (Å²) in [6.07, 6.45) is 5.72. The van der Waals surface area contributed by atoms with Gasteiger partial charge in [-0.1, -0.05) is 0 Å². The van der Waals surface area contributed by atoms with Crippen molar-refractivity contribution in [2.45, 2.75) is 6.42 Å². The van der Waals surface area contributed by atoms with E-state index in [-0.39, 0.29) is 10.6 Å². The Kier molecular flexibility index (Phi) is 4.76. The fourth-order valence-corrected chi connectivity index (χ4v) is 2.38. The van der Waals surface area contributed by atoms with Crippen molar-refractivity contribution in [2.75, 3.05) is 23.7 Å². The fourth-order valence-electron chi connectivity index (χ4n) is 2.38. The van der Waals surface area contributed by atoms with E-state index in [1.807, 2.05) is 0 Å². The summed E-state index contributed by atoms with van der Waals surface area (Å²) in [7, 11) is 0. The van der Waals surface area contributed by atoms with E-state index in [0.29, 0.717) is 35.6 Å². The highest BCUT2D eigenvalue weighted by molar-refractivity contribution is 5.94. The number of nitrogens with one attached hydrogen (secondary N) is 2. The molecule has 2 N–H and O–H groups in total. The zero-order valence-electron chi connectivity index (χ0n) is 12.8. The van der Waals surface area contributed by atoms with Crippen LogP contribution in [0.4, 0.5) is 17.3 Å². The monoisotopic (exact) mass is 324 g/mol. The van der Waals surface area contributed by atoms with E-state index in [9.17, 15) is 10.1 Å². The maximum Gasteiger partial charge on any atom is 0.301 e. The number of rotatable bonds is 7. The summed E-state index contributed by atoms with van der Waals surface area (Å²) in [5.74, 6) is 0.570. The summed E-state index contributed by atoms with van der Waals surface area (Å²) in [5.41, 5.74) is 1.16. The van der Waals surface area contributed by atoms with Gasteiger partial charge in [-0.25, -0.2) is 9.97 Å². The van der Waals surface area contributed by atoms with Crippen LogP contribution in [-0.4, -0.2) is 33.0 Å². The molecule has 0 aliphatic heterocycles. The predicted octanol–water partition coefficient (Wildman–Crippen LogP) is 2.85. The van der Waals surface area contributed by atoms with E-state index in [2.05, 4.69) is 25.6 Å². The van der Waals surface area contributed by atoms with Gasteiger partial charge in [-0.2, -0.15) is 0 Å². The predicted molar refractivity (Wildman–Crippen MR) is 92.0 cm³/mol. The van der Waals surface area contributed by atoms with Gasteiger partial charge in [-0.05, 0) is 36.8 Å². The molecular weight excluding hydrogens is 308 g/mol. The number of pyridine rings is 1. The molecule has 0 atom stereocenters. The second-order valence-corrected chi connectivity index (χ2v) is 5.07. The van der Waals surface area contributed by atoms with Crippen molar-refractivity contribution in [1.29, 1.82) is 0 Å². The third-order valence-electron chi connectivity index (χ3n) is 3.46. The molecule has 3 aromatic rings. The molecule has 2 heterocycles. The lowest BCUT2D eigenvalue weighted by atomic mass is 10.1. The van der Waals surface area contributed by atoms with Crippen LogP contribution in [0.2, 0.25) is 0 Å². The number of hydrogen-bond donors (Lipinski definition) is 2. The van der Waals surface area contributed by atoms with Gasteiger partial charge in [0.05, 0.1) is 15.8 Å². The molecule has 1 aromatic carbocycles. The van der Waals surface area contributed by atoms with E-state index < -0.39 is 0 Å². The lowest BCUT2D eigenvalue weighted by molar-refractivity contribution is -0.382. The van der Waals surface area contributed by atoms with Crippen LogP contribution in [0.5, 0.6) is 0 Å². The molecule has 0 fully saturated rings. The largest absolute Gasteiger partial charge is 0.379 e. The van der Waals surface area contributed by atoms with Crippen LogP contribution in [0.25, 0.3) is 10.9 Å². The minimum Gasteiger partial charge on any atom is -0.379 e. The van der Waals surface area contributed by atoms with Crippen molar-refractivity contribution in [1.82, 2.24) is 15.0 Å². The second kappa shape index (κ2) is 7.32. The summed E-state index contributed by atoms with van der Waals surface area (Å²) in [6, 6.07) is 8.63. The summed E-state index contributed by atoms with van der Waals surface area (Å²) < 4.78 is 0. The maximum absolute atomic E-state index is 11.4. The van der Waals surface area contributed by atoms with E-state index in [1.165, 1.54) is 0 Å². The van der Waals surface area contributed by atoms with Gasteiger partial charge < -0.3 is 10.6 Å². The highest BCUT2D eigenvalue weighted by atomic mass is 16.6. The Morgan fingerprint density at radius 1 is 0.958 bits per heavy atom. The van der Waals surface area contributed by atoms with Crippen LogP contribution in [-0.2, 0) is 0 Å². The zero-order chi connectivity index (χ0) is 16.8. The van der Waals surface area contributed by atoms with Crippen molar-refractivity contribution >= 4 is 28.2 Å². The molecule has 3 rings (SSSR count). The third kappa shape index (κ3) is 3.54. The molecule has 0 spiro atoms. The number of benzene rings is 1. The Morgan fingerprint density at radius 2 is 1.71 bits per heavy atom. The Hall–Kier alpha value is -3.29. The topological polar surface area (TPSA) is 106 Å². The lowest BCUT2D eigenvalue weighted by Crippen LogP contribution is -2.11. The molecule has 0 saturated carbocycles. The minimum atomic E-state index is -0.373. The normalized spacial score (nSPS) is 10.5. The first-order chi connectivity index (χ1) is 11.8. The summed E-state index contributed by atoms with van der Waals surface area (Å²) in [4.78, 5) is 23.3. The number of nitro benzene ring substituents is 1. The van der Waals surface area contributed by atoms with Crippen LogP contribution >= 0.6 is 0 Å². The molecule has 0 radical (unpaired) electrons. The number of nitrogens with zero attached hydrogens (tertiary/aromatic N) is 4. The van der Waals surface area contributed by atoms with Crippen molar-refractivity contribution in [3.05, 3.63) is 59.0 Å². The lowest BCUT2D eigenvalue weighted by Gasteiger charge is -2.09. The number of hydrogen-bond acceptors (Lipinski definition) is 7. The van der Waals surface area contributed by atoms with Crippen molar-refractivity contribution < 1.29 is 4.92 Å². The van der Waals surface area contributed by atoms with Gasteiger partial charge >= 0.3 is 5.69 Å². The highest BCUT2D eigenvalue weighted by Gasteiger charge is 2.18. The van der Waals surface area contributed by atoms with E-state index in [0.717, 1.165) is 6.42 Å². The van der Waals surface area contributed by atoms with E-state index in [4.69, 9.17) is 0 Å². The summed E-state index contributed by atoms with van der Waals surface area (Å²) in [6.45, 7) is 1.26. The van der Waals surface area contributed by atoms with Crippen molar-refractivity contribution in [3.8, 4) is 0 Å². The second-order valence-electron chi connectivity index (χ2n) is 5.07. The van der Waals surface area contributed by atoms with E-state index >= 15 is 0 Å². The van der Waals surface area contributed by atoms with Crippen LogP contribution in [0.15, 0.2) is 48.9 Å². The van der Waals surface area contributed by atoms with Crippen LogP contribution in [0.3, 0.4) is 0 Å². The number of anilines is 2. The van der Waals surface area contributed by atoms with Crippen LogP contribution < -0.4 is 10.6 Å². The first kappa shape index (κ1) is 15.6. The van der Waals surface area contributed by atoms with Gasteiger partial charge in [0.15, 0.2) is 0 Å². The van der Waals surface area contributed by atoms with Gasteiger partial charge in [0.2, 0.25) is 5.95 Å². The average molecular weight is 324 g/mol. The molecule has 8 nitrogen and oxygen atoms in total. The van der Waals surface area contributed by atoms with Gasteiger partial charge in [0.25, 0.3) is 0 Å². The SMILES string of the molecule is O=[N+]([O-])c1c(NCCCNc2ncccn2)ccc2ncccc12. The molecule has 0 bridgehead atoms. The Balaban J connectivity index is 1.63. The number of fused-ring (bicyclic) bond motifs is 1. The molecular formula is C16H16N6O2. The van der Waals surface area contributed by atoms with Gasteiger partial charge in [0.1, 0.15) is 5.69 Å². The molecule has 0 saturated heterocycles. The Morgan fingerprint density at radius 3 is 2.50 bits per heavy atom. The molecule has 2 aromatic heterocycles. The first-order valence-electron chi connectivity index (χ1n) is 7.52. The Bertz CT molecular complexity index is 840. The van der Waals surface area contributed by atoms with Crippen molar-refractivity contribution in [3.63, 3.8) is 0 Å². The molecule has 0 aliphatic rings. The standard InChI is InChI=1S/C16H16N6O2/c23-22(24)15-12-4-1-7-17-13(12)5-6-14(15)18-8-2-9-19-16-20-10-3-11-21-16/h1,3-7,10-11,18H,2,8-9H2,(H,19,20,21). The van der Waals surface area contributed by atoms with Gasteiger partial charge in [0, 0.05) is 31.7 Å². The first-order valence-corrected chi connectivity index (χ1v) is 7.52. The van der Waals surface area contributed by atoms with E-state index in [1.54, 1.807) is 48.9 Å². The molecule has 24 heavy (non-hydrogen) atoms. The molecule has 0 amide bonds. The molecule has 0 unspecified atom stereocenters. The molecule has 0 aliphatic carbocycles. The summed E-state index contributed by atoms with van der Waals surface area (Å²) in [5, 5.41) is 18.2. The smallest absolute Gasteiger partial charge is 0.301 e. The third-order valence-corrected chi connectivity index (χ3v) is 3.46. The molecule has 8 heteroatoms. The van der Waals surface area contributed by atoms with Crippen molar-refractivity contribution in [2.24, 2.45) is 0 Å². The number of nitro groups is 1. The van der Waals surface area contributed by atoms with Gasteiger partial charge in [-0.3, -0.25) is 15.1 Å². The van der Waals surface area contributed by atoms with Gasteiger partial charge in [-0.15, -0.1) is 0 Å². The minimum absolute atomic E-state index is 0.0555. The quantitative estimate of drug-likeness (QED) is 0.391. The fraction of sp³-hybridized carbons (Fsp3) is 0.188. The Labute approximate surface area is 138 Å². The molecule has 122 valence electrons. The average Bonchev–Trinajstić information content (AvgIpc) is 2.61.